The number of carboxylic acid groups (broad SMARTS) is 1. The first-order valence-electron chi connectivity index (χ1n) is 5.59. The summed E-state index contributed by atoms with van der Waals surface area (Å²) in [5.41, 5.74) is 0.253. The van der Waals surface area contributed by atoms with Crippen LogP contribution in [0.1, 0.15) is 16.8 Å². The smallest absolute Gasteiger partial charge is 0.332 e. The number of halogens is 2. The van der Waals surface area contributed by atoms with Gasteiger partial charge in [0.15, 0.2) is 6.10 Å². The van der Waals surface area contributed by atoms with Gasteiger partial charge in [0.2, 0.25) is 0 Å². The molecule has 110 valence electrons. The highest BCUT2D eigenvalue weighted by molar-refractivity contribution is 14.1. The summed E-state index contributed by atoms with van der Waals surface area (Å²) >= 11 is 7.97. The molecule has 0 radical (unpaired) electrons. The highest BCUT2D eigenvalue weighted by Crippen LogP contribution is 2.28. The van der Waals surface area contributed by atoms with Crippen LogP contribution in [0.25, 0.3) is 0 Å². The lowest BCUT2D eigenvalue weighted by molar-refractivity contribution is -0.146. The average Bonchev–Trinajstić information content (AvgIpc) is 2.40. The molecule has 0 aromatic heterocycles. The van der Waals surface area contributed by atoms with Crippen LogP contribution in [-0.4, -0.2) is 41.8 Å². The fraction of sp³-hybridized carbons (Fsp3) is 0.333. The number of aliphatic hydroxyl groups excluding tert-OH is 1. The molecule has 0 aliphatic heterocycles. The maximum Gasteiger partial charge on any atom is 0.332 e. The van der Waals surface area contributed by atoms with Crippen LogP contribution in [0.3, 0.4) is 0 Å². The molecule has 0 saturated heterocycles. The largest absolute Gasteiger partial charge is 0.496 e. The van der Waals surface area contributed by atoms with Crippen molar-refractivity contribution in [3.63, 3.8) is 0 Å². The van der Waals surface area contributed by atoms with Crippen LogP contribution in [0.4, 0.5) is 0 Å². The highest BCUT2D eigenvalue weighted by atomic mass is 127. The zero-order chi connectivity index (χ0) is 15.3. The summed E-state index contributed by atoms with van der Waals surface area (Å²) in [5, 5.41) is 20.5. The molecule has 0 unspecified atom stereocenters. The van der Waals surface area contributed by atoms with Crippen molar-refractivity contribution in [3.8, 4) is 5.75 Å². The van der Waals surface area contributed by atoms with Gasteiger partial charge in [0, 0.05) is 16.5 Å². The average molecular weight is 414 g/mol. The van der Waals surface area contributed by atoms with Crippen molar-refractivity contribution in [2.75, 3.05) is 13.7 Å². The third-order valence-corrected chi connectivity index (χ3v) is 4.00. The number of carbonyl (C=O) groups is 2. The van der Waals surface area contributed by atoms with Crippen molar-refractivity contribution in [2.45, 2.75) is 12.5 Å². The Bertz CT molecular complexity index is 523. The normalized spacial score (nSPS) is 11.8. The Hall–Kier alpha value is -1.06. The van der Waals surface area contributed by atoms with E-state index in [1.54, 1.807) is 6.07 Å². The number of carboxylic acids is 1. The van der Waals surface area contributed by atoms with Crippen LogP contribution in [0.5, 0.6) is 5.75 Å². The molecule has 3 N–H and O–H groups in total. The Labute approximate surface area is 134 Å². The second-order valence-corrected chi connectivity index (χ2v) is 5.43. The summed E-state index contributed by atoms with van der Waals surface area (Å²) < 4.78 is 5.85. The highest BCUT2D eigenvalue weighted by Gasteiger charge is 2.17. The number of nitrogens with one attached hydrogen (secondary N) is 1. The molecule has 6 nitrogen and oxygen atoms in total. The third kappa shape index (κ3) is 4.50. The molecular weight excluding hydrogens is 400 g/mol. The second kappa shape index (κ2) is 7.65. The lowest BCUT2D eigenvalue weighted by Crippen LogP contribution is -2.30. The molecule has 8 heteroatoms. The Morgan fingerprint density at radius 3 is 2.70 bits per heavy atom. The first kappa shape index (κ1) is 17.0. The Kier molecular flexibility index (Phi) is 6.50. The summed E-state index contributed by atoms with van der Waals surface area (Å²) in [6, 6.07) is 3.11. The quantitative estimate of drug-likeness (QED) is 0.615. The van der Waals surface area contributed by atoms with E-state index < -0.39 is 18.0 Å². The fourth-order valence-electron chi connectivity index (χ4n) is 1.42. The third-order valence-electron chi connectivity index (χ3n) is 2.48. The minimum Gasteiger partial charge on any atom is -0.496 e. The van der Waals surface area contributed by atoms with Crippen molar-refractivity contribution in [1.82, 2.24) is 5.32 Å². The van der Waals surface area contributed by atoms with Gasteiger partial charge in [0.25, 0.3) is 5.91 Å². The maximum absolute atomic E-state index is 12.0. The SMILES string of the molecule is COc1cc(I)c(Cl)cc1C(=O)NCC[C@H](O)C(=O)O. The first-order chi connectivity index (χ1) is 9.36. The van der Waals surface area contributed by atoms with Crippen molar-refractivity contribution in [3.05, 3.63) is 26.3 Å². The van der Waals surface area contributed by atoms with Gasteiger partial charge in [-0.05, 0) is 34.7 Å². The van der Waals surface area contributed by atoms with Gasteiger partial charge < -0.3 is 20.3 Å². The topological polar surface area (TPSA) is 95.9 Å². The number of methoxy groups -OCH3 is 1. The van der Waals surface area contributed by atoms with E-state index in [2.05, 4.69) is 5.32 Å². The van der Waals surface area contributed by atoms with Gasteiger partial charge in [0.1, 0.15) is 5.75 Å². The van der Waals surface area contributed by atoms with Crippen LogP contribution < -0.4 is 10.1 Å². The Morgan fingerprint density at radius 1 is 1.50 bits per heavy atom. The number of aliphatic hydroxyl groups is 1. The second-order valence-electron chi connectivity index (χ2n) is 3.87. The van der Waals surface area contributed by atoms with Crippen molar-refractivity contribution in [2.24, 2.45) is 0 Å². The molecule has 0 spiro atoms. The lowest BCUT2D eigenvalue weighted by Gasteiger charge is -2.11. The van der Waals surface area contributed by atoms with Gasteiger partial charge in [-0.25, -0.2) is 4.79 Å². The summed E-state index contributed by atoms with van der Waals surface area (Å²) in [4.78, 5) is 22.4. The standard InChI is InChI=1S/C12H13ClINO5/c1-20-10-5-8(14)7(13)4-6(10)11(17)15-3-2-9(16)12(18)19/h4-5,9,16H,2-3H2,1H3,(H,15,17)(H,18,19)/t9-/m0/s1. The molecule has 1 atom stereocenters. The molecule has 0 saturated carbocycles. The molecule has 1 rings (SSSR count). The van der Waals surface area contributed by atoms with E-state index in [1.165, 1.54) is 13.2 Å². The molecule has 0 heterocycles. The number of ether oxygens (including phenoxy) is 1. The van der Waals surface area contributed by atoms with E-state index in [0.29, 0.717) is 10.8 Å². The van der Waals surface area contributed by atoms with E-state index in [9.17, 15) is 9.59 Å². The molecule has 0 aliphatic rings. The summed E-state index contributed by atoms with van der Waals surface area (Å²) in [7, 11) is 1.43. The Morgan fingerprint density at radius 2 is 2.15 bits per heavy atom. The van der Waals surface area contributed by atoms with Crippen LogP contribution >= 0.6 is 34.2 Å². The molecule has 20 heavy (non-hydrogen) atoms. The minimum absolute atomic E-state index is 0.0268. The fourth-order valence-corrected chi connectivity index (χ4v) is 2.02. The van der Waals surface area contributed by atoms with Gasteiger partial charge in [0.05, 0.1) is 17.7 Å². The zero-order valence-corrected chi connectivity index (χ0v) is 13.4. The number of carbonyl (C=O) groups excluding carboxylic acids is 1. The lowest BCUT2D eigenvalue weighted by atomic mass is 10.2. The molecular formula is C12H13ClINO5. The maximum atomic E-state index is 12.0. The monoisotopic (exact) mass is 413 g/mol. The van der Waals surface area contributed by atoms with Crippen LogP contribution in [0, 0.1) is 3.57 Å². The van der Waals surface area contributed by atoms with E-state index in [-0.39, 0.29) is 18.5 Å². The molecule has 1 aromatic carbocycles. The number of aliphatic carboxylic acids is 1. The van der Waals surface area contributed by atoms with Crippen molar-refractivity contribution < 1.29 is 24.5 Å². The molecule has 0 bridgehead atoms. The van der Waals surface area contributed by atoms with Crippen LogP contribution in [0.2, 0.25) is 5.02 Å². The zero-order valence-electron chi connectivity index (χ0n) is 10.5. The van der Waals surface area contributed by atoms with Gasteiger partial charge in [-0.3, -0.25) is 4.79 Å². The number of benzene rings is 1. The first-order valence-corrected chi connectivity index (χ1v) is 7.04. The van der Waals surface area contributed by atoms with Crippen LogP contribution in [-0.2, 0) is 4.79 Å². The minimum atomic E-state index is -1.50. The molecule has 1 aromatic rings. The summed E-state index contributed by atoms with van der Waals surface area (Å²) in [5.74, 6) is -1.40. The van der Waals surface area contributed by atoms with E-state index in [1.807, 2.05) is 22.6 Å². The number of hydrogen-bond acceptors (Lipinski definition) is 4. The van der Waals surface area contributed by atoms with Gasteiger partial charge in [-0.1, -0.05) is 11.6 Å². The molecule has 1 amide bonds. The van der Waals surface area contributed by atoms with E-state index in [0.717, 1.165) is 3.57 Å². The van der Waals surface area contributed by atoms with Gasteiger partial charge in [-0.15, -0.1) is 0 Å². The molecule has 0 aliphatic carbocycles. The van der Waals surface area contributed by atoms with Crippen LogP contribution in [0.15, 0.2) is 12.1 Å². The summed E-state index contributed by atoms with van der Waals surface area (Å²) in [6.45, 7) is 0.0268. The number of hydrogen-bond donors (Lipinski definition) is 3. The van der Waals surface area contributed by atoms with Crippen molar-refractivity contribution >= 4 is 46.1 Å². The van der Waals surface area contributed by atoms with Crippen molar-refractivity contribution in [1.29, 1.82) is 0 Å². The van der Waals surface area contributed by atoms with E-state index >= 15 is 0 Å². The summed E-state index contributed by atoms with van der Waals surface area (Å²) in [6.07, 6.45) is -1.58. The Balaban J connectivity index is 2.73. The number of amides is 1. The predicted octanol–water partition coefficient (Wildman–Crippen LogP) is 1.52. The van der Waals surface area contributed by atoms with E-state index in [4.69, 9.17) is 26.6 Å². The van der Waals surface area contributed by atoms with Gasteiger partial charge in [-0.2, -0.15) is 0 Å². The molecule has 0 fully saturated rings. The number of rotatable bonds is 6. The van der Waals surface area contributed by atoms with Gasteiger partial charge >= 0.3 is 5.97 Å². The predicted molar refractivity (Wildman–Crippen MR) is 81.3 cm³/mol.